The first-order valence-corrected chi connectivity index (χ1v) is 6.42. The van der Waals surface area contributed by atoms with Gasteiger partial charge in [0.1, 0.15) is 5.54 Å². The maximum absolute atomic E-state index is 12.0. The number of nitrogens with zero attached hydrogens (tertiary/aromatic N) is 1. The summed E-state index contributed by atoms with van der Waals surface area (Å²) in [5.41, 5.74) is -1.07. The molecule has 0 aliphatic carbocycles. The number of allylic oxidation sites excluding steroid dienone is 1. The molecule has 1 atom stereocenters. The lowest BCUT2D eigenvalue weighted by Gasteiger charge is -2.41. The number of carboxylic acid groups (broad SMARTS) is 1. The van der Waals surface area contributed by atoms with Crippen LogP contribution < -0.4 is 5.32 Å². The van der Waals surface area contributed by atoms with Crippen molar-refractivity contribution in [1.29, 1.82) is 0 Å². The first kappa shape index (κ1) is 14.5. The SMILES string of the molecule is C/C=C/CCNC(=O)N1CCCCC1(C)C(=O)O. The Bertz CT molecular complexity index is 341. The van der Waals surface area contributed by atoms with E-state index in [1.54, 1.807) is 6.92 Å². The number of carbonyl (C=O) groups is 2. The molecule has 1 unspecified atom stereocenters. The van der Waals surface area contributed by atoms with Crippen LogP contribution in [0.3, 0.4) is 0 Å². The first-order chi connectivity index (χ1) is 8.52. The van der Waals surface area contributed by atoms with Crippen molar-refractivity contribution in [3.05, 3.63) is 12.2 Å². The van der Waals surface area contributed by atoms with Crippen molar-refractivity contribution in [1.82, 2.24) is 10.2 Å². The molecule has 1 aliphatic heterocycles. The molecular weight excluding hydrogens is 232 g/mol. The molecule has 0 aromatic rings. The van der Waals surface area contributed by atoms with Crippen molar-refractivity contribution in [2.24, 2.45) is 0 Å². The first-order valence-electron chi connectivity index (χ1n) is 6.42. The van der Waals surface area contributed by atoms with Crippen LogP contribution in [0, 0.1) is 0 Å². The van der Waals surface area contributed by atoms with Crippen molar-refractivity contribution < 1.29 is 14.7 Å². The second kappa shape index (κ2) is 6.42. The molecule has 0 radical (unpaired) electrons. The molecule has 5 heteroatoms. The Morgan fingerprint density at radius 2 is 2.17 bits per heavy atom. The Balaban J connectivity index is 2.60. The van der Waals surface area contributed by atoms with Gasteiger partial charge in [-0.2, -0.15) is 0 Å². The van der Waals surface area contributed by atoms with E-state index in [1.165, 1.54) is 4.90 Å². The van der Waals surface area contributed by atoms with Gasteiger partial charge in [-0.15, -0.1) is 0 Å². The number of carbonyl (C=O) groups excluding carboxylic acids is 1. The average molecular weight is 254 g/mol. The molecule has 0 bridgehead atoms. The molecule has 5 nitrogen and oxygen atoms in total. The molecule has 1 fully saturated rings. The van der Waals surface area contributed by atoms with Gasteiger partial charge < -0.3 is 15.3 Å². The standard InChI is InChI=1S/C13H22N2O3/c1-3-4-6-9-14-12(18)15-10-7-5-8-13(15,2)11(16)17/h3-4H,5-10H2,1-2H3,(H,14,18)(H,16,17)/b4-3+. The second-order valence-corrected chi connectivity index (χ2v) is 4.78. The average Bonchev–Trinajstić information content (AvgIpc) is 2.34. The van der Waals surface area contributed by atoms with Crippen molar-refractivity contribution in [2.75, 3.05) is 13.1 Å². The zero-order valence-corrected chi connectivity index (χ0v) is 11.1. The topological polar surface area (TPSA) is 69.6 Å². The highest BCUT2D eigenvalue weighted by Gasteiger charge is 2.43. The van der Waals surface area contributed by atoms with Crippen LogP contribution in [0.2, 0.25) is 0 Å². The lowest BCUT2D eigenvalue weighted by molar-refractivity contribution is -0.150. The van der Waals surface area contributed by atoms with E-state index in [0.717, 1.165) is 19.3 Å². The molecule has 102 valence electrons. The molecule has 0 spiro atoms. The molecule has 1 saturated heterocycles. The van der Waals surface area contributed by atoms with Gasteiger partial charge >= 0.3 is 12.0 Å². The fraction of sp³-hybridized carbons (Fsp3) is 0.692. The van der Waals surface area contributed by atoms with Gasteiger partial charge in [-0.3, -0.25) is 0 Å². The van der Waals surface area contributed by atoms with Crippen LogP contribution in [-0.4, -0.2) is 40.6 Å². The summed E-state index contributed by atoms with van der Waals surface area (Å²) in [6.45, 7) is 4.60. The van der Waals surface area contributed by atoms with Crippen LogP contribution in [0.1, 0.15) is 39.5 Å². The Kier molecular flexibility index (Phi) is 5.19. The largest absolute Gasteiger partial charge is 0.480 e. The molecule has 0 aromatic heterocycles. The van der Waals surface area contributed by atoms with E-state index >= 15 is 0 Å². The maximum atomic E-state index is 12.0. The van der Waals surface area contributed by atoms with Crippen LogP contribution in [-0.2, 0) is 4.79 Å². The van der Waals surface area contributed by atoms with Gasteiger partial charge in [-0.1, -0.05) is 12.2 Å². The van der Waals surface area contributed by atoms with Crippen LogP contribution in [0.4, 0.5) is 4.79 Å². The van der Waals surface area contributed by atoms with E-state index in [9.17, 15) is 14.7 Å². The van der Waals surface area contributed by atoms with E-state index in [-0.39, 0.29) is 6.03 Å². The molecule has 2 N–H and O–H groups in total. The van der Waals surface area contributed by atoms with Gasteiger partial charge in [0.05, 0.1) is 0 Å². The highest BCUT2D eigenvalue weighted by Crippen LogP contribution is 2.28. The molecule has 1 heterocycles. The van der Waals surface area contributed by atoms with Crippen LogP contribution in [0.25, 0.3) is 0 Å². The molecule has 0 aromatic carbocycles. The van der Waals surface area contributed by atoms with Gasteiger partial charge in [-0.05, 0) is 39.5 Å². The highest BCUT2D eigenvalue weighted by molar-refractivity contribution is 5.86. The van der Waals surface area contributed by atoms with E-state index in [2.05, 4.69) is 5.32 Å². The van der Waals surface area contributed by atoms with Crippen molar-refractivity contribution in [3.8, 4) is 0 Å². The summed E-state index contributed by atoms with van der Waals surface area (Å²) in [6.07, 6.45) is 6.89. The Labute approximate surface area is 108 Å². The number of urea groups is 1. The van der Waals surface area contributed by atoms with E-state index in [1.807, 2.05) is 19.1 Å². The summed E-state index contributed by atoms with van der Waals surface area (Å²) >= 11 is 0. The number of carboxylic acids is 1. The Hall–Kier alpha value is -1.52. The van der Waals surface area contributed by atoms with Crippen molar-refractivity contribution >= 4 is 12.0 Å². The fourth-order valence-electron chi connectivity index (χ4n) is 2.19. The number of likely N-dealkylation sites (tertiary alicyclic amines) is 1. The smallest absolute Gasteiger partial charge is 0.329 e. The number of hydrogen-bond acceptors (Lipinski definition) is 2. The molecule has 0 saturated carbocycles. The van der Waals surface area contributed by atoms with Gasteiger partial charge in [0.25, 0.3) is 0 Å². The van der Waals surface area contributed by atoms with Gasteiger partial charge in [0, 0.05) is 13.1 Å². The number of rotatable bonds is 4. The molecule has 1 aliphatic rings. The summed E-state index contributed by atoms with van der Waals surface area (Å²) in [4.78, 5) is 24.8. The van der Waals surface area contributed by atoms with Gasteiger partial charge in [0.2, 0.25) is 0 Å². The predicted molar refractivity (Wildman–Crippen MR) is 69.4 cm³/mol. The lowest BCUT2D eigenvalue weighted by Crippen LogP contribution is -2.60. The van der Waals surface area contributed by atoms with E-state index < -0.39 is 11.5 Å². The summed E-state index contributed by atoms with van der Waals surface area (Å²) in [6, 6.07) is -0.274. The minimum Gasteiger partial charge on any atom is -0.480 e. The molecular formula is C13H22N2O3. The summed E-state index contributed by atoms with van der Waals surface area (Å²) in [5, 5.41) is 12.1. The maximum Gasteiger partial charge on any atom is 0.329 e. The number of aliphatic carboxylic acids is 1. The molecule has 2 amide bonds. The fourth-order valence-corrected chi connectivity index (χ4v) is 2.19. The number of nitrogens with one attached hydrogen (secondary N) is 1. The zero-order chi connectivity index (χ0) is 13.6. The van der Waals surface area contributed by atoms with Gasteiger partial charge in [0.15, 0.2) is 0 Å². The third-order valence-corrected chi connectivity index (χ3v) is 3.42. The summed E-state index contributed by atoms with van der Waals surface area (Å²) in [7, 11) is 0. The summed E-state index contributed by atoms with van der Waals surface area (Å²) in [5.74, 6) is -0.925. The molecule has 18 heavy (non-hydrogen) atoms. The number of hydrogen-bond donors (Lipinski definition) is 2. The molecule has 1 rings (SSSR count). The highest BCUT2D eigenvalue weighted by atomic mass is 16.4. The second-order valence-electron chi connectivity index (χ2n) is 4.78. The third-order valence-electron chi connectivity index (χ3n) is 3.42. The summed E-state index contributed by atoms with van der Waals surface area (Å²) < 4.78 is 0. The quantitative estimate of drug-likeness (QED) is 0.595. The van der Waals surface area contributed by atoms with E-state index in [0.29, 0.717) is 19.5 Å². The minimum atomic E-state index is -1.07. The van der Waals surface area contributed by atoms with Gasteiger partial charge in [-0.25, -0.2) is 9.59 Å². The monoisotopic (exact) mass is 254 g/mol. The Morgan fingerprint density at radius 3 is 2.78 bits per heavy atom. The normalized spacial score (nSPS) is 24.2. The van der Waals surface area contributed by atoms with Crippen molar-refractivity contribution in [3.63, 3.8) is 0 Å². The third kappa shape index (κ3) is 3.24. The van der Waals surface area contributed by atoms with Crippen molar-refractivity contribution in [2.45, 2.75) is 45.1 Å². The van der Waals surface area contributed by atoms with Crippen LogP contribution in [0.5, 0.6) is 0 Å². The lowest BCUT2D eigenvalue weighted by atomic mass is 9.89. The predicted octanol–water partition coefficient (Wildman–Crippen LogP) is 1.99. The van der Waals surface area contributed by atoms with Crippen LogP contribution >= 0.6 is 0 Å². The number of amides is 2. The van der Waals surface area contributed by atoms with E-state index in [4.69, 9.17) is 0 Å². The van der Waals surface area contributed by atoms with Crippen LogP contribution in [0.15, 0.2) is 12.2 Å². The Morgan fingerprint density at radius 1 is 1.44 bits per heavy atom. The zero-order valence-electron chi connectivity index (χ0n) is 11.1. The number of piperidine rings is 1. The minimum absolute atomic E-state index is 0.274.